The zero-order chi connectivity index (χ0) is 18.4. The number of carboxylic acid groups (broad SMARTS) is 1. The Morgan fingerprint density at radius 3 is 2.32 bits per heavy atom. The van der Waals surface area contributed by atoms with Crippen molar-refractivity contribution in [1.82, 2.24) is 9.80 Å². The van der Waals surface area contributed by atoms with Crippen molar-refractivity contribution in [2.45, 2.75) is 19.1 Å². The molecule has 0 saturated carbocycles. The van der Waals surface area contributed by atoms with Crippen molar-refractivity contribution in [2.24, 2.45) is 0 Å². The summed E-state index contributed by atoms with van der Waals surface area (Å²) < 4.78 is 28.4. The van der Waals surface area contributed by atoms with E-state index in [1.807, 2.05) is 7.05 Å². The summed E-state index contributed by atoms with van der Waals surface area (Å²) in [5.74, 6) is -1.51. The minimum absolute atomic E-state index is 0.0196. The number of amides is 1. The van der Waals surface area contributed by atoms with E-state index in [0.29, 0.717) is 18.8 Å². The molecule has 0 aliphatic carbocycles. The molecule has 1 amide bonds. The second kappa shape index (κ2) is 8.72. The molecule has 1 aliphatic heterocycles. The molecule has 138 valence electrons. The van der Waals surface area contributed by atoms with Gasteiger partial charge in [0.1, 0.15) is 11.8 Å². The number of piperazine rings is 1. The summed E-state index contributed by atoms with van der Waals surface area (Å²) in [6, 6.07) is 4.55. The molecule has 7 nitrogen and oxygen atoms in total. The smallest absolute Gasteiger partial charge is 0.387 e. The predicted molar refractivity (Wildman–Crippen MR) is 86.8 cm³/mol. The molecule has 1 aromatic carbocycles. The number of rotatable bonds is 7. The number of anilines is 1. The number of alkyl halides is 2. The van der Waals surface area contributed by atoms with Gasteiger partial charge in [-0.3, -0.25) is 14.5 Å². The Bertz CT molecular complexity index is 590. The second-order valence-electron chi connectivity index (χ2n) is 5.85. The standard InChI is InChI=1S/C16H21F2N3O4/c1-20-6-8-21(9-7-20)13(15(23)24)10-14(22)19-11-2-4-12(5-3-11)25-16(17)18/h2-5,13,16H,6-10H2,1H3,(H,19,22)(H,23,24)/t13-/m0/s1. The predicted octanol–water partition coefficient (Wildman–Crippen LogP) is 1.32. The summed E-state index contributed by atoms with van der Waals surface area (Å²) in [5.41, 5.74) is 0.383. The summed E-state index contributed by atoms with van der Waals surface area (Å²) in [6.45, 7) is -0.255. The van der Waals surface area contributed by atoms with Crippen LogP contribution in [0.2, 0.25) is 0 Å². The van der Waals surface area contributed by atoms with E-state index in [2.05, 4.69) is 15.0 Å². The molecular formula is C16H21F2N3O4. The van der Waals surface area contributed by atoms with Crippen LogP contribution in [0, 0.1) is 0 Å². The van der Waals surface area contributed by atoms with Crippen molar-refractivity contribution in [3.63, 3.8) is 0 Å². The number of hydrogen-bond donors (Lipinski definition) is 2. The highest BCUT2D eigenvalue weighted by Gasteiger charge is 2.30. The number of carboxylic acids is 1. The maximum Gasteiger partial charge on any atom is 0.387 e. The van der Waals surface area contributed by atoms with E-state index in [0.717, 1.165) is 13.1 Å². The van der Waals surface area contributed by atoms with E-state index in [1.54, 1.807) is 4.90 Å². The molecule has 0 radical (unpaired) electrons. The molecule has 1 heterocycles. The number of aliphatic carboxylic acids is 1. The van der Waals surface area contributed by atoms with Crippen LogP contribution >= 0.6 is 0 Å². The highest BCUT2D eigenvalue weighted by Crippen LogP contribution is 2.18. The molecule has 1 fully saturated rings. The molecule has 0 bridgehead atoms. The molecule has 1 saturated heterocycles. The highest BCUT2D eigenvalue weighted by atomic mass is 19.3. The number of hydrogen-bond acceptors (Lipinski definition) is 5. The highest BCUT2D eigenvalue weighted by molar-refractivity contribution is 5.94. The van der Waals surface area contributed by atoms with E-state index in [-0.39, 0.29) is 12.2 Å². The van der Waals surface area contributed by atoms with Crippen molar-refractivity contribution >= 4 is 17.6 Å². The first-order valence-corrected chi connectivity index (χ1v) is 7.85. The lowest BCUT2D eigenvalue weighted by atomic mass is 10.1. The van der Waals surface area contributed by atoms with E-state index in [1.165, 1.54) is 24.3 Å². The van der Waals surface area contributed by atoms with Crippen molar-refractivity contribution in [3.05, 3.63) is 24.3 Å². The third-order valence-corrected chi connectivity index (χ3v) is 4.01. The van der Waals surface area contributed by atoms with Crippen LogP contribution in [0.5, 0.6) is 5.75 Å². The fourth-order valence-corrected chi connectivity index (χ4v) is 2.61. The van der Waals surface area contributed by atoms with Crippen LogP contribution in [0.3, 0.4) is 0 Å². The summed E-state index contributed by atoms with van der Waals surface area (Å²) in [6.07, 6.45) is -0.186. The Kier molecular flexibility index (Phi) is 6.65. The molecule has 1 aromatic rings. The van der Waals surface area contributed by atoms with Crippen molar-refractivity contribution in [1.29, 1.82) is 0 Å². The largest absolute Gasteiger partial charge is 0.480 e. The fraction of sp³-hybridized carbons (Fsp3) is 0.500. The van der Waals surface area contributed by atoms with Crippen LogP contribution in [0.4, 0.5) is 14.5 Å². The van der Waals surface area contributed by atoms with E-state index in [9.17, 15) is 23.5 Å². The topological polar surface area (TPSA) is 82.1 Å². The first kappa shape index (κ1) is 19.1. The first-order valence-electron chi connectivity index (χ1n) is 7.85. The Labute approximate surface area is 144 Å². The number of nitrogens with zero attached hydrogens (tertiary/aromatic N) is 2. The third-order valence-electron chi connectivity index (χ3n) is 4.01. The number of ether oxygens (including phenoxy) is 1. The SMILES string of the molecule is CN1CCN([C@@H](CC(=O)Nc2ccc(OC(F)F)cc2)C(=O)O)CC1. The molecule has 9 heteroatoms. The van der Waals surface area contributed by atoms with Gasteiger partial charge in [0.15, 0.2) is 0 Å². The Balaban J connectivity index is 1.91. The second-order valence-corrected chi connectivity index (χ2v) is 5.85. The van der Waals surface area contributed by atoms with Crippen molar-refractivity contribution < 1.29 is 28.2 Å². The summed E-state index contributed by atoms with van der Waals surface area (Å²) in [7, 11) is 1.96. The molecule has 25 heavy (non-hydrogen) atoms. The van der Waals surface area contributed by atoms with Crippen LogP contribution in [0.25, 0.3) is 0 Å². The van der Waals surface area contributed by atoms with Crippen LogP contribution in [-0.4, -0.2) is 72.7 Å². The van der Waals surface area contributed by atoms with Gasteiger partial charge in [-0.25, -0.2) is 0 Å². The van der Waals surface area contributed by atoms with Gasteiger partial charge in [-0.05, 0) is 31.3 Å². The fourth-order valence-electron chi connectivity index (χ4n) is 2.61. The molecular weight excluding hydrogens is 336 g/mol. The molecule has 0 aromatic heterocycles. The van der Waals surface area contributed by atoms with Gasteiger partial charge in [-0.1, -0.05) is 0 Å². The maximum absolute atomic E-state index is 12.1. The van der Waals surface area contributed by atoms with Gasteiger partial charge in [-0.15, -0.1) is 0 Å². The first-order chi connectivity index (χ1) is 11.8. The third kappa shape index (κ3) is 5.95. The van der Waals surface area contributed by atoms with Gasteiger partial charge < -0.3 is 20.1 Å². The molecule has 0 unspecified atom stereocenters. The monoisotopic (exact) mass is 357 g/mol. The maximum atomic E-state index is 12.1. The Hall–Kier alpha value is -2.26. The van der Waals surface area contributed by atoms with Gasteiger partial charge >= 0.3 is 12.6 Å². The molecule has 2 N–H and O–H groups in total. The quantitative estimate of drug-likeness (QED) is 0.766. The molecule has 2 rings (SSSR count). The Morgan fingerprint density at radius 1 is 1.20 bits per heavy atom. The van der Waals surface area contributed by atoms with Gasteiger partial charge in [0.05, 0.1) is 6.42 Å². The van der Waals surface area contributed by atoms with Crippen LogP contribution in [-0.2, 0) is 9.59 Å². The van der Waals surface area contributed by atoms with E-state index >= 15 is 0 Å². The summed E-state index contributed by atoms with van der Waals surface area (Å²) >= 11 is 0. The summed E-state index contributed by atoms with van der Waals surface area (Å²) in [5, 5.41) is 12.0. The van der Waals surface area contributed by atoms with Gasteiger partial charge in [0.2, 0.25) is 5.91 Å². The number of carbonyl (C=O) groups excluding carboxylic acids is 1. The molecule has 1 aliphatic rings. The minimum Gasteiger partial charge on any atom is -0.480 e. The van der Waals surface area contributed by atoms with Gasteiger partial charge in [-0.2, -0.15) is 8.78 Å². The average Bonchev–Trinajstić information content (AvgIpc) is 2.55. The van der Waals surface area contributed by atoms with Crippen LogP contribution in [0.15, 0.2) is 24.3 Å². The zero-order valence-electron chi connectivity index (χ0n) is 13.8. The number of nitrogens with one attached hydrogen (secondary N) is 1. The lowest BCUT2D eigenvalue weighted by molar-refractivity contribution is -0.145. The number of likely N-dealkylation sites (N-methyl/N-ethyl adjacent to an activating group) is 1. The zero-order valence-corrected chi connectivity index (χ0v) is 13.8. The lowest BCUT2D eigenvalue weighted by Gasteiger charge is -2.35. The van der Waals surface area contributed by atoms with Crippen LogP contribution in [0.1, 0.15) is 6.42 Å². The van der Waals surface area contributed by atoms with E-state index in [4.69, 9.17) is 0 Å². The molecule has 1 atom stereocenters. The van der Waals surface area contributed by atoms with Gasteiger partial charge in [0, 0.05) is 31.9 Å². The van der Waals surface area contributed by atoms with Crippen molar-refractivity contribution in [2.75, 3.05) is 38.5 Å². The normalized spacial score (nSPS) is 17.3. The number of carbonyl (C=O) groups is 2. The minimum atomic E-state index is -2.92. The van der Waals surface area contributed by atoms with E-state index < -0.39 is 24.5 Å². The van der Waals surface area contributed by atoms with Crippen molar-refractivity contribution in [3.8, 4) is 5.75 Å². The number of halogens is 2. The average molecular weight is 357 g/mol. The number of benzene rings is 1. The van der Waals surface area contributed by atoms with Crippen LogP contribution < -0.4 is 10.1 Å². The lowest BCUT2D eigenvalue weighted by Crippen LogP contribution is -2.52. The Morgan fingerprint density at radius 2 is 1.80 bits per heavy atom. The molecule has 0 spiro atoms. The van der Waals surface area contributed by atoms with Gasteiger partial charge in [0.25, 0.3) is 0 Å². The summed E-state index contributed by atoms with van der Waals surface area (Å²) in [4.78, 5) is 27.5.